The van der Waals surface area contributed by atoms with Gasteiger partial charge in [-0.15, -0.1) is 0 Å². The topological polar surface area (TPSA) is 113 Å². The Morgan fingerprint density at radius 1 is 1.09 bits per heavy atom. The van der Waals surface area contributed by atoms with Crippen molar-refractivity contribution in [3.8, 4) is 0 Å². The minimum absolute atomic E-state index is 0.00894. The summed E-state index contributed by atoms with van der Waals surface area (Å²) in [5.41, 5.74) is 0.117. The van der Waals surface area contributed by atoms with Gasteiger partial charge in [0.2, 0.25) is 10.0 Å². The molecule has 1 fully saturated rings. The monoisotopic (exact) mass is 481 g/mol. The number of sulfonamides is 1. The molecule has 0 aliphatic carbocycles. The van der Waals surface area contributed by atoms with Gasteiger partial charge in [0.15, 0.2) is 6.61 Å². The zero-order valence-electron chi connectivity index (χ0n) is 19.9. The number of rotatable bonds is 10. The lowest BCUT2D eigenvalue weighted by Gasteiger charge is -2.27. The Kier molecular flexibility index (Phi) is 9.85. The minimum atomic E-state index is -3.73. The van der Waals surface area contributed by atoms with E-state index in [2.05, 4.69) is 5.32 Å². The lowest BCUT2D eigenvalue weighted by atomic mass is 10.0. The van der Waals surface area contributed by atoms with Gasteiger partial charge in [0.05, 0.1) is 4.90 Å². The maximum absolute atomic E-state index is 12.8. The highest BCUT2D eigenvalue weighted by Crippen LogP contribution is 2.17. The number of ether oxygens (including phenoxy) is 1. The van der Waals surface area contributed by atoms with Crippen LogP contribution in [0.25, 0.3) is 0 Å². The van der Waals surface area contributed by atoms with Crippen LogP contribution in [0.1, 0.15) is 57.3 Å². The van der Waals surface area contributed by atoms with Crippen LogP contribution in [-0.4, -0.2) is 74.2 Å². The molecular weight excluding hydrogens is 446 g/mol. The second-order valence-electron chi connectivity index (χ2n) is 8.36. The van der Waals surface area contributed by atoms with Crippen LogP contribution in [0.15, 0.2) is 29.2 Å². The summed E-state index contributed by atoms with van der Waals surface area (Å²) in [6.45, 7) is 8.56. The van der Waals surface area contributed by atoms with Crippen molar-refractivity contribution in [2.45, 2.75) is 57.9 Å². The summed E-state index contributed by atoms with van der Waals surface area (Å²) in [6.07, 6.45) is 2.96. The molecular formula is C23H35N3O6S. The summed E-state index contributed by atoms with van der Waals surface area (Å²) in [5.74, 6) is -1.83. The van der Waals surface area contributed by atoms with E-state index in [1.165, 1.54) is 28.6 Å². The SMILES string of the molecule is CCN(CC)S(=O)(=O)c1cccc(C(=O)N[C@H](C(=O)OCC(=O)N2CCCCC2)C(C)C)c1. The number of hydrogen-bond donors (Lipinski definition) is 1. The predicted molar refractivity (Wildman–Crippen MR) is 124 cm³/mol. The minimum Gasteiger partial charge on any atom is -0.454 e. The molecule has 1 aromatic rings. The van der Waals surface area contributed by atoms with Crippen LogP contribution >= 0.6 is 0 Å². The van der Waals surface area contributed by atoms with Crippen LogP contribution in [0.5, 0.6) is 0 Å². The molecule has 0 aromatic heterocycles. The molecule has 1 aliphatic rings. The number of hydrogen-bond acceptors (Lipinski definition) is 6. The molecule has 1 heterocycles. The zero-order chi connectivity index (χ0) is 24.6. The van der Waals surface area contributed by atoms with E-state index in [0.717, 1.165) is 19.3 Å². The second-order valence-corrected chi connectivity index (χ2v) is 10.3. The van der Waals surface area contributed by atoms with Crippen molar-refractivity contribution >= 4 is 27.8 Å². The Balaban J connectivity index is 2.07. The van der Waals surface area contributed by atoms with Crippen molar-refractivity contribution < 1.29 is 27.5 Å². The summed E-state index contributed by atoms with van der Waals surface area (Å²) >= 11 is 0. The van der Waals surface area contributed by atoms with E-state index >= 15 is 0 Å². The van der Waals surface area contributed by atoms with Gasteiger partial charge in [0.1, 0.15) is 6.04 Å². The Bertz CT molecular complexity index is 937. The first-order chi connectivity index (χ1) is 15.6. The van der Waals surface area contributed by atoms with Gasteiger partial charge in [0, 0.05) is 31.7 Å². The molecule has 1 atom stereocenters. The normalized spacial score (nSPS) is 15.4. The van der Waals surface area contributed by atoms with E-state index in [-0.39, 0.29) is 28.9 Å². The van der Waals surface area contributed by atoms with Gasteiger partial charge in [0.25, 0.3) is 11.8 Å². The van der Waals surface area contributed by atoms with Crippen LogP contribution < -0.4 is 5.32 Å². The first-order valence-corrected chi connectivity index (χ1v) is 12.9. The second kappa shape index (κ2) is 12.1. The summed E-state index contributed by atoms with van der Waals surface area (Å²) < 4.78 is 32.1. The maximum Gasteiger partial charge on any atom is 0.329 e. The number of carbonyl (C=O) groups excluding carboxylic acids is 3. The molecule has 10 heteroatoms. The number of nitrogens with zero attached hydrogens (tertiary/aromatic N) is 2. The lowest BCUT2D eigenvalue weighted by Crippen LogP contribution is -2.46. The van der Waals surface area contributed by atoms with E-state index in [4.69, 9.17) is 4.74 Å². The largest absolute Gasteiger partial charge is 0.454 e. The molecule has 184 valence electrons. The number of piperidine rings is 1. The molecule has 0 radical (unpaired) electrons. The standard InChI is InChI=1S/C23H35N3O6S/c1-5-26(6-2)33(30,31)19-12-10-11-18(15-19)22(28)24-21(17(3)4)23(29)32-16-20(27)25-13-8-7-9-14-25/h10-12,15,17,21H,5-9,13-14,16H2,1-4H3,(H,24,28)/t21-/m0/s1. The highest BCUT2D eigenvalue weighted by atomic mass is 32.2. The molecule has 1 saturated heterocycles. The van der Waals surface area contributed by atoms with Crippen molar-refractivity contribution in [2.75, 3.05) is 32.8 Å². The van der Waals surface area contributed by atoms with E-state index in [0.29, 0.717) is 26.2 Å². The molecule has 33 heavy (non-hydrogen) atoms. The Hall–Kier alpha value is -2.46. The van der Waals surface area contributed by atoms with Crippen LogP contribution in [0.2, 0.25) is 0 Å². The fourth-order valence-electron chi connectivity index (χ4n) is 3.69. The average molecular weight is 482 g/mol. The van der Waals surface area contributed by atoms with Crippen LogP contribution in [0, 0.1) is 5.92 Å². The fraction of sp³-hybridized carbons (Fsp3) is 0.609. The number of nitrogens with one attached hydrogen (secondary N) is 1. The highest BCUT2D eigenvalue weighted by molar-refractivity contribution is 7.89. The third-order valence-corrected chi connectivity index (χ3v) is 7.74. The van der Waals surface area contributed by atoms with Crippen molar-refractivity contribution in [3.05, 3.63) is 29.8 Å². The van der Waals surface area contributed by atoms with Crippen LogP contribution in [0.4, 0.5) is 0 Å². The third-order valence-electron chi connectivity index (χ3n) is 5.69. The van der Waals surface area contributed by atoms with Crippen LogP contribution in [-0.2, 0) is 24.3 Å². The molecule has 0 unspecified atom stereocenters. The molecule has 1 aliphatic heterocycles. The van der Waals surface area contributed by atoms with Gasteiger partial charge in [-0.1, -0.05) is 33.8 Å². The number of likely N-dealkylation sites (tertiary alicyclic amines) is 1. The number of esters is 1. The zero-order valence-corrected chi connectivity index (χ0v) is 20.7. The van der Waals surface area contributed by atoms with E-state index < -0.39 is 27.9 Å². The van der Waals surface area contributed by atoms with Crippen molar-refractivity contribution in [3.63, 3.8) is 0 Å². The van der Waals surface area contributed by atoms with E-state index in [9.17, 15) is 22.8 Å². The van der Waals surface area contributed by atoms with Crippen molar-refractivity contribution in [1.29, 1.82) is 0 Å². The third kappa shape index (κ3) is 7.01. The Morgan fingerprint density at radius 3 is 2.30 bits per heavy atom. The summed E-state index contributed by atoms with van der Waals surface area (Å²) in [5, 5.41) is 2.62. The van der Waals surface area contributed by atoms with Crippen molar-refractivity contribution in [2.24, 2.45) is 5.92 Å². The number of benzene rings is 1. The molecule has 0 spiro atoms. The van der Waals surface area contributed by atoms with E-state index in [1.807, 2.05) is 0 Å². The molecule has 1 aromatic carbocycles. The van der Waals surface area contributed by atoms with E-state index in [1.54, 1.807) is 32.6 Å². The Morgan fingerprint density at radius 2 is 1.73 bits per heavy atom. The number of carbonyl (C=O) groups is 3. The van der Waals surface area contributed by atoms with Gasteiger partial charge in [-0.25, -0.2) is 13.2 Å². The first-order valence-electron chi connectivity index (χ1n) is 11.5. The van der Waals surface area contributed by atoms with Crippen LogP contribution in [0.3, 0.4) is 0 Å². The number of amides is 2. The molecule has 9 nitrogen and oxygen atoms in total. The van der Waals surface area contributed by atoms with Crippen molar-refractivity contribution in [1.82, 2.24) is 14.5 Å². The fourth-order valence-corrected chi connectivity index (χ4v) is 5.19. The molecule has 0 saturated carbocycles. The predicted octanol–water partition coefficient (Wildman–Crippen LogP) is 2.03. The smallest absolute Gasteiger partial charge is 0.329 e. The summed E-state index contributed by atoms with van der Waals surface area (Å²) in [4.78, 5) is 39.4. The van der Waals surface area contributed by atoms with Gasteiger partial charge < -0.3 is 15.0 Å². The van der Waals surface area contributed by atoms with Gasteiger partial charge >= 0.3 is 5.97 Å². The quantitative estimate of drug-likeness (QED) is 0.512. The Labute approximate surface area is 196 Å². The maximum atomic E-state index is 12.8. The molecule has 1 N–H and O–H groups in total. The molecule has 2 rings (SSSR count). The lowest BCUT2D eigenvalue weighted by molar-refractivity contribution is -0.154. The van der Waals surface area contributed by atoms with Gasteiger partial charge in [-0.3, -0.25) is 9.59 Å². The highest BCUT2D eigenvalue weighted by Gasteiger charge is 2.29. The molecule has 2 amide bonds. The van der Waals surface area contributed by atoms with Gasteiger partial charge in [-0.2, -0.15) is 4.31 Å². The average Bonchev–Trinajstić information content (AvgIpc) is 2.81. The van der Waals surface area contributed by atoms with Gasteiger partial charge in [-0.05, 0) is 43.4 Å². The molecule has 0 bridgehead atoms. The summed E-state index contributed by atoms with van der Waals surface area (Å²) in [6, 6.07) is 4.73. The first kappa shape index (κ1) is 26.8. The summed E-state index contributed by atoms with van der Waals surface area (Å²) in [7, 11) is -3.73.